The van der Waals surface area contributed by atoms with Gasteiger partial charge in [0, 0.05) is 16.5 Å². The summed E-state index contributed by atoms with van der Waals surface area (Å²) >= 11 is 12.0. The second kappa shape index (κ2) is 9.76. The van der Waals surface area contributed by atoms with Gasteiger partial charge in [-0.25, -0.2) is 4.86 Å². The lowest BCUT2D eigenvalue weighted by molar-refractivity contribution is 0.238. The molecule has 0 saturated heterocycles. The highest BCUT2D eigenvalue weighted by molar-refractivity contribution is 8.21. The summed E-state index contributed by atoms with van der Waals surface area (Å²) in [6.07, 6.45) is 2.12. The minimum absolute atomic E-state index is 0.0487. The smallest absolute Gasteiger partial charge is 0.265 e. The highest BCUT2D eigenvalue weighted by Gasteiger charge is 2.45. The van der Waals surface area contributed by atoms with E-state index in [2.05, 4.69) is 60.2 Å². The zero-order valence-corrected chi connectivity index (χ0v) is 19.7. The van der Waals surface area contributed by atoms with Gasteiger partial charge in [0.2, 0.25) is 0 Å². The third-order valence-corrected chi connectivity index (χ3v) is 16.0. The van der Waals surface area contributed by atoms with Crippen LogP contribution in [0, 0.1) is 0 Å². The van der Waals surface area contributed by atoms with Crippen LogP contribution >= 0.6 is 12.8 Å². The Morgan fingerprint density at radius 2 is 1.13 bits per heavy atom. The molecule has 1 N–H and O–H groups in total. The molecule has 0 spiro atoms. The van der Waals surface area contributed by atoms with Gasteiger partial charge in [-0.05, 0) is 24.6 Å². The first-order valence-electron chi connectivity index (χ1n) is 8.62. The van der Waals surface area contributed by atoms with Crippen LogP contribution in [0.25, 0.3) is 0 Å². The quantitative estimate of drug-likeness (QED) is 0.337. The summed E-state index contributed by atoms with van der Waals surface area (Å²) < 4.78 is 12.1. The van der Waals surface area contributed by atoms with Gasteiger partial charge in [0.05, 0.1) is 13.2 Å². The Balaban J connectivity index is 5.45. The van der Waals surface area contributed by atoms with Crippen molar-refractivity contribution in [3.05, 3.63) is 0 Å². The molecular formula is C16H37NO2P2S2. The molecule has 140 valence electrons. The van der Waals surface area contributed by atoms with Crippen LogP contribution in [0.4, 0.5) is 0 Å². The van der Waals surface area contributed by atoms with Gasteiger partial charge in [-0.2, -0.15) is 0 Å². The molecule has 0 fully saturated rings. The topological polar surface area (TPSA) is 30.5 Å². The van der Waals surface area contributed by atoms with E-state index in [0.717, 1.165) is 25.7 Å². The lowest BCUT2D eigenvalue weighted by Crippen LogP contribution is -2.36. The Labute approximate surface area is 155 Å². The van der Waals surface area contributed by atoms with E-state index in [1.165, 1.54) is 0 Å². The first-order valence-corrected chi connectivity index (χ1v) is 14.1. The molecule has 0 aliphatic carbocycles. The second-order valence-corrected chi connectivity index (χ2v) is 17.2. The first-order chi connectivity index (χ1) is 10.3. The fourth-order valence-corrected chi connectivity index (χ4v) is 12.3. The van der Waals surface area contributed by atoms with Crippen molar-refractivity contribution in [3.63, 3.8) is 0 Å². The van der Waals surface area contributed by atoms with Crippen LogP contribution in [0.3, 0.4) is 0 Å². The Hall–Kier alpha value is 1.18. The zero-order chi connectivity index (χ0) is 18.4. The van der Waals surface area contributed by atoms with Crippen molar-refractivity contribution < 1.29 is 9.05 Å². The maximum absolute atomic E-state index is 6.18. The van der Waals surface area contributed by atoms with Gasteiger partial charge in [-0.1, -0.05) is 80.0 Å². The van der Waals surface area contributed by atoms with E-state index in [9.17, 15) is 0 Å². The van der Waals surface area contributed by atoms with Crippen LogP contribution < -0.4 is 4.86 Å². The summed E-state index contributed by atoms with van der Waals surface area (Å²) in [4.78, 5) is 3.61. The molecule has 0 unspecified atom stereocenters. The Morgan fingerprint density at radius 3 is 1.39 bits per heavy atom. The molecular weight excluding hydrogens is 364 g/mol. The van der Waals surface area contributed by atoms with Crippen molar-refractivity contribution >= 4 is 36.4 Å². The third-order valence-electron chi connectivity index (χ3n) is 3.67. The van der Waals surface area contributed by atoms with Gasteiger partial charge in [-0.15, -0.1) is 0 Å². The van der Waals surface area contributed by atoms with Crippen LogP contribution in [0.15, 0.2) is 0 Å². The maximum Gasteiger partial charge on any atom is 0.265 e. The minimum atomic E-state index is -2.56. The summed E-state index contributed by atoms with van der Waals surface area (Å²) in [5, 5.41) is -0.0975. The molecule has 23 heavy (non-hydrogen) atoms. The number of unbranched alkanes of at least 4 members (excludes halogenated alkanes) is 2. The molecule has 0 atom stereocenters. The highest BCUT2D eigenvalue weighted by atomic mass is 32.5. The van der Waals surface area contributed by atoms with E-state index < -0.39 is 12.8 Å². The molecule has 3 nitrogen and oxygen atoms in total. The van der Waals surface area contributed by atoms with Gasteiger partial charge in [0.15, 0.2) is 0 Å². The Bertz CT molecular complexity index is 410. The molecule has 0 aromatic heterocycles. The first kappa shape index (κ1) is 24.2. The van der Waals surface area contributed by atoms with Crippen molar-refractivity contribution in [1.82, 2.24) is 4.86 Å². The van der Waals surface area contributed by atoms with Gasteiger partial charge >= 0.3 is 0 Å². The van der Waals surface area contributed by atoms with Gasteiger partial charge in [-0.3, -0.25) is 0 Å². The minimum Gasteiger partial charge on any atom is -0.318 e. The molecule has 7 heteroatoms. The molecule has 0 aromatic rings. The summed E-state index contributed by atoms with van der Waals surface area (Å²) in [6.45, 7) is 16.2. The van der Waals surface area contributed by atoms with E-state index in [4.69, 9.17) is 32.7 Å². The lowest BCUT2D eigenvalue weighted by Gasteiger charge is -2.47. The highest BCUT2D eigenvalue weighted by Crippen LogP contribution is 2.70. The van der Waals surface area contributed by atoms with E-state index >= 15 is 0 Å². The van der Waals surface area contributed by atoms with Crippen LogP contribution in [-0.4, -0.2) is 23.5 Å². The standard InChI is InChI=1S/C16H37NO2P2S2/c1-9-11-13-18-21(23,19-14-12-10-2)17-20(22,15(3,4)5)16(6,7)8/h9-14H2,1-8H3,(H,17,22,23). The molecule has 0 aromatic carbocycles. The monoisotopic (exact) mass is 401 g/mol. The normalized spacial score (nSPS) is 14.3. The van der Waals surface area contributed by atoms with Gasteiger partial charge < -0.3 is 9.05 Å². The molecule has 0 heterocycles. The molecule has 0 aliphatic heterocycles. The molecule has 0 aliphatic rings. The van der Waals surface area contributed by atoms with Crippen molar-refractivity contribution in [2.45, 2.75) is 91.4 Å². The predicted molar refractivity (Wildman–Crippen MR) is 113 cm³/mol. The Kier molecular flexibility index (Phi) is 10.3. The Morgan fingerprint density at radius 1 is 0.783 bits per heavy atom. The largest absolute Gasteiger partial charge is 0.318 e. The maximum atomic E-state index is 6.18. The average molecular weight is 402 g/mol. The predicted octanol–water partition coefficient (Wildman–Crippen LogP) is 6.43. The number of hydrogen-bond donors (Lipinski definition) is 1. The third kappa shape index (κ3) is 7.52. The molecule has 0 rings (SSSR count). The van der Waals surface area contributed by atoms with Crippen molar-refractivity contribution in [2.24, 2.45) is 0 Å². The van der Waals surface area contributed by atoms with Crippen LogP contribution in [-0.2, 0) is 32.7 Å². The fourth-order valence-electron chi connectivity index (χ4n) is 2.23. The van der Waals surface area contributed by atoms with E-state index in [1.54, 1.807) is 0 Å². The SMILES string of the molecule is CCCCOP(=S)(NP(=S)(C(C)(C)C)C(C)(C)C)OCCCC. The zero-order valence-electron chi connectivity index (χ0n) is 16.3. The van der Waals surface area contributed by atoms with Crippen LogP contribution in [0.5, 0.6) is 0 Å². The van der Waals surface area contributed by atoms with Gasteiger partial charge in [0.1, 0.15) is 0 Å². The van der Waals surface area contributed by atoms with E-state index in [-0.39, 0.29) is 10.3 Å². The number of nitrogens with one attached hydrogen (secondary N) is 1. The van der Waals surface area contributed by atoms with Crippen molar-refractivity contribution in [3.8, 4) is 0 Å². The van der Waals surface area contributed by atoms with E-state index in [0.29, 0.717) is 13.2 Å². The fraction of sp³-hybridized carbons (Fsp3) is 1.00. The van der Waals surface area contributed by atoms with E-state index in [1.807, 2.05) is 0 Å². The average Bonchev–Trinajstić information content (AvgIpc) is 2.36. The molecule has 0 bridgehead atoms. The van der Waals surface area contributed by atoms with Gasteiger partial charge in [0.25, 0.3) is 6.64 Å². The van der Waals surface area contributed by atoms with Crippen LogP contribution in [0.2, 0.25) is 0 Å². The molecule has 0 amide bonds. The molecule has 0 saturated carbocycles. The summed E-state index contributed by atoms with van der Waals surface area (Å²) in [5.41, 5.74) is 0. The van der Waals surface area contributed by atoms with Crippen molar-refractivity contribution in [2.75, 3.05) is 13.2 Å². The summed E-state index contributed by atoms with van der Waals surface area (Å²) in [7, 11) is 0. The number of hydrogen-bond acceptors (Lipinski definition) is 4. The lowest BCUT2D eigenvalue weighted by atomic mass is 10.2. The molecule has 0 radical (unpaired) electrons. The summed E-state index contributed by atoms with van der Waals surface area (Å²) in [5.74, 6) is 0. The van der Waals surface area contributed by atoms with Crippen LogP contribution in [0.1, 0.15) is 81.1 Å². The van der Waals surface area contributed by atoms with Crippen molar-refractivity contribution in [1.29, 1.82) is 0 Å². The number of rotatable bonds is 10. The summed E-state index contributed by atoms with van der Waals surface area (Å²) in [6, 6.07) is 0. The second-order valence-electron chi connectivity index (χ2n) is 7.92.